The summed E-state index contributed by atoms with van der Waals surface area (Å²) in [5.74, 6) is 0.900. The van der Waals surface area contributed by atoms with Gasteiger partial charge in [-0.3, -0.25) is 4.79 Å². The molecule has 1 N–H and O–H groups in total. The van der Waals surface area contributed by atoms with Crippen LogP contribution in [0.4, 0.5) is 5.82 Å². The lowest BCUT2D eigenvalue weighted by atomic mass is 10.2. The number of carbonyl (C=O) groups excluding carboxylic acids is 1. The molecule has 1 saturated heterocycles. The van der Waals surface area contributed by atoms with Gasteiger partial charge in [0.25, 0.3) is 5.91 Å². The van der Waals surface area contributed by atoms with Crippen LogP contribution in [-0.2, 0) is 0 Å². The largest absolute Gasteiger partial charge is 0.366 e. The Morgan fingerprint density at radius 1 is 1.48 bits per heavy atom. The van der Waals surface area contributed by atoms with Crippen molar-refractivity contribution < 1.29 is 4.79 Å². The quantitative estimate of drug-likeness (QED) is 0.882. The molecule has 1 aliphatic rings. The van der Waals surface area contributed by atoms with Crippen molar-refractivity contribution in [2.45, 2.75) is 19.8 Å². The molecule has 0 aliphatic carbocycles. The van der Waals surface area contributed by atoms with Gasteiger partial charge in [0, 0.05) is 19.6 Å². The van der Waals surface area contributed by atoms with Crippen LogP contribution >= 0.6 is 11.3 Å². The predicted octanol–water partition coefficient (Wildman–Crippen LogP) is 2.83. The van der Waals surface area contributed by atoms with Crippen molar-refractivity contribution in [2.75, 3.05) is 25.0 Å². The van der Waals surface area contributed by atoms with E-state index < -0.39 is 0 Å². The first-order valence-electron chi connectivity index (χ1n) is 7.10. The lowest BCUT2D eigenvalue weighted by molar-refractivity contribution is 0.0797. The smallest absolute Gasteiger partial charge is 0.264 e. The van der Waals surface area contributed by atoms with E-state index in [2.05, 4.69) is 21.9 Å². The number of nitrogens with one attached hydrogen (secondary N) is 1. The second kappa shape index (κ2) is 5.81. The number of anilines is 1. The Kier molecular flexibility index (Phi) is 3.88. The third kappa shape index (κ3) is 2.51. The molecule has 2 aromatic heterocycles. The van der Waals surface area contributed by atoms with Crippen molar-refractivity contribution in [3.8, 4) is 0 Å². The summed E-state index contributed by atoms with van der Waals surface area (Å²) in [5, 5.41) is 4.16. The molecular weight excluding hydrogens is 284 g/mol. The Morgan fingerprint density at radius 3 is 2.95 bits per heavy atom. The van der Waals surface area contributed by atoms with Gasteiger partial charge < -0.3 is 10.2 Å². The van der Waals surface area contributed by atoms with E-state index in [0.29, 0.717) is 6.54 Å². The monoisotopic (exact) mass is 302 g/mol. The summed E-state index contributed by atoms with van der Waals surface area (Å²) in [4.78, 5) is 24.8. The fourth-order valence-electron chi connectivity index (χ4n) is 2.64. The first kappa shape index (κ1) is 14.0. The van der Waals surface area contributed by atoms with Crippen molar-refractivity contribution in [1.29, 1.82) is 0 Å². The van der Waals surface area contributed by atoms with Gasteiger partial charge in [0.15, 0.2) is 0 Å². The van der Waals surface area contributed by atoms with Crippen LogP contribution in [0.15, 0.2) is 19.0 Å². The van der Waals surface area contributed by atoms with Gasteiger partial charge in [0.1, 0.15) is 17.0 Å². The maximum atomic E-state index is 12.6. The van der Waals surface area contributed by atoms with Crippen LogP contribution in [0.1, 0.15) is 28.1 Å². The molecule has 3 heterocycles. The first-order chi connectivity index (χ1) is 10.2. The van der Waals surface area contributed by atoms with Gasteiger partial charge in [0.2, 0.25) is 0 Å². The van der Waals surface area contributed by atoms with E-state index in [1.54, 1.807) is 6.08 Å². The topological polar surface area (TPSA) is 58.1 Å². The minimum Gasteiger partial charge on any atom is -0.366 e. The molecule has 0 saturated carbocycles. The third-order valence-electron chi connectivity index (χ3n) is 3.73. The molecule has 5 nitrogen and oxygen atoms in total. The summed E-state index contributed by atoms with van der Waals surface area (Å²) >= 11 is 1.46. The number of fused-ring (bicyclic) bond motifs is 1. The summed E-state index contributed by atoms with van der Waals surface area (Å²) in [5.41, 5.74) is 0.971. The lowest BCUT2D eigenvalue weighted by Gasteiger charge is -2.14. The van der Waals surface area contributed by atoms with Crippen LogP contribution in [0.25, 0.3) is 10.2 Å². The molecule has 1 aliphatic heterocycles. The van der Waals surface area contributed by atoms with Crippen molar-refractivity contribution in [2.24, 2.45) is 0 Å². The number of likely N-dealkylation sites (tertiary alicyclic amines) is 1. The SMILES string of the molecule is C=CCNc1ncnc2sc(C(=O)N3CCCC3)c(C)c12. The van der Waals surface area contributed by atoms with Crippen LogP contribution in [0.2, 0.25) is 0 Å². The number of aryl methyl sites for hydroxylation is 1. The molecule has 1 amide bonds. The van der Waals surface area contributed by atoms with Crippen LogP contribution in [0, 0.1) is 6.92 Å². The zero-order valence-corrected chi connectivity index (χ0v) is 12.9. The molecule has 0 bridgehead atoms. The Morgan fingerprint density at radius 2 is 2.24 bits per heavy atom. The summed E-state index contributed by atoms with van der Waals surface area (Å²) in [6.07, 6.45) is 5.52. The van der Waals surface area contributed by atoms with Gasteiger partial charge in [-0.2, -0.15) is 0 Å². The molecule has 0 aromatic carbocycles. The van der Waals surface area contributed by atoms with E-state index >= 15 is 0 Å². The van der Waals surface area contributed by atoms with E-state index in [1.165, 1.54) is 17.7 Å². The number of nitrogens with zero attached hydrogens (tertiary/aromatic N) is 3. The predicted molar refractivity (Wildman–Crippen MR) is 86.0 cm³/mol. The molecule has 110 valence electrons. The normalized spacial score (nSPS) is 14.6. The summed E-state index contributed by atoms with van der Waals surface area (Å²) in [6.45, 7) is 8.03. The number of amides is 1. The van der Waals surface area contributed by atoms with Crippen molar-refractivity contribution in [3.05, 3.63) is 29.4 Å². The van der Waals surface area contributed by atoms with E-state index in [9.17, 15) is 4.79 Å². The van der Waals surface area contributed by atoms with Crippen LogP contribution in [0.3, 0.4) is 0 Å². The Balaban J connectivity index is 2.02. The third-order valence-corrected chi connectivity index (χ3v) is 4.92. The zero-order chi connectivity index (χ0) is 14.8. The molecule has 6 heteroatoms. The average Bonchev–Trinajstić information content (AvgIpc) is 3.13. The second-order valence-electron chi connectivity index (χ2n) is 5.13. The van der Waals surface area contributed by atoms with E-state index in [-0.39, 0.29) is 5.91 Å². The molecule has 0 unspecified atom stereocenters. The van der Waals surface area contributed by atoms with E-state index in [0.717, 1.165) is 52.4 Å². The van der Waals surface area contributed by atoms with Gasteiger partial charge in [-0.15, -0.1) is 17.9 Å². The van der Waals surface area contributed by atoms with Gasteiger partial charge >= 0.3 is 0 Å². The lowest BCUT2D eigenvalue weighted by Crippen LogP contribution is -2.27. The standard InChI is InChI=1S/C15H18N4OS/c1-3-6-16-13-11-10(2)12(21-14(11)18-9-17-13)15(20)19-7-4-5-8-19/h3,9H,1,4-8H2,2H3,(H,16,17,18). The fourth-order valence-corrected chi connectivity index (χ4v) is 3.76. The van der Waals surface area contributed by atoms with Crippen LogP contribution < -0.4 is 5.32 Å². The van der Waals surface area contributed by atoms with E-state index in [1.807, 2.05) is 11.8 Å². The molecule has 0 atom stereocenters. The molecule has 0 spiro atoms. The Hall–Kier alpha value is -1.95. The number of carbonyl (C=O) groups is 1. The van der Waals surface area contributed by atoms with Crippen LogP contribution in [-0.4, -0.2) is 40.4 Å². The molecular formula is C15H18N4OS. The maximum Gasteiger partial charge on any atom is 0.264 e. The first-order valence-corrected chi connectivity index (χ1v) is 7.92. The highest BCUT2D eigenvalue weighted by Crippen LogP contribution is 2.34. The molecule has 3 rings (SSSR count). The minimum atomic E-state index is 0.127. The fraction of sp³-hybridized carbons (Fsp3) is 0.400. The highest BCUT2D eigenvalue weighted by atomic mass is 32.1. The highest BCUT2D eigenvalue weighted by molar-refractivity contribution is 7.20. The zero-order valence-electron chi connectivity index (χ0n) is 12.1. The highest BCUT2D eigenvalue weighted by Gasteiger charge is 2.25. The number of hydrogen-bond acceptors (Lipinski definition) is 5. The maximum absolute atomic E-state index is 12.6. The van der Waals surface area contributed by atoms with Gasteiger partial charge in [-0.05, 0) is 25.3 Å². The number of aromatic nitrogens is 2. The Bertz CT molecular complexity index is 688. The second-order valence-corrected chi connectivity index (χ2v) is 6.13. The number of hydrogen-bond donors (Lipinski definition) is 1. The van der Waals surface area contributed by atoms with Crippen molar-refractivity contribution in [3.63, 3.8) is 0 Å². The van der Waals surface area contributed by atoms with Crippen molar-refractivity contribution in [1.82, 2.24) is 14.9 Å². The van der Waals surface area contributed by atoms with E-state index in [4.69, 9.17) is 0 Å². The summed E-state index contributed by atoms with van der Waals surface area (Å²) < 4.78 is 0. The summed E-state index contributed by atoms with van der Waals surface area (Å²) in [6, 6.07) is 0. The van der Waals surface area contributed by atoms with Gasteiger partial charge in [-0.25, -0.2) is 9.97 Å². The van der Waals surface area contributed by atoms with Gasteiger partial charge in [-0.1, -0.05) is 6.08 Å². The number of thiophene rings is 1. The minimum absolute atomic E-state index is 0.127. The number of rotatable bonds is 4. The summed E-state index contributed by atoms with van der Waals surface area (Å²) in [7, 11) is 0. The van der Waals surface area contributed by atoms with Crippen molar-refractivity contribution >= 4 is 33.3 Å². The average molecular weight is 302 g/mol. The molecule has 0 radical (unpaired) electrons. The van der Waals surface area contributed by atoms with Crippen LogP contribution in [0.5, 0.6) is 0 Å². The molecule has 1 fully saturated rings. The van der Waals surface area contributed by atoms with Gasteiger partial charge in [0.05, 0.1) is 10.3 Å². The molecule has 2 aromatic rings. The molecule has 21 heavy (non-hydrogen) atoms. The Labute approximate surface area is 127 Å².